The van der Waals surface area contributed by atoms with Gasteiger partial charge >= 0.3 is 5.97 Å². The highest BCUT2D eigenvalue weighted by Crippen LogP contribution is 2.33. The quantitative estimate of drug-likeness (QED) is 0.887. The largest absolute Gasteiger partial charge is 0.481 e. The van der Waals surface area contributed by atoms with E-state index in [9.17, 15) is 19.1 Å². The van der Waals surface area contributed by atoms with Crippen molar-refractivity contribution in [2.45, 2.75) is 31.7 Å². The van der Waals surface area contributed by atoms with Crippen LogP contribution in [-0.2, 0) is 9.53 Å². The molecule has 0 radical (unpaired) electrons. The molecule has 5 nitrogen and oxygen atoms in total. The summed E-state index contributed by atoms with van der Waals surface area (Å²) in [5.74, 6) is -1.67. The second kappa shape index (κ2) is 6.49. The van der Waals surface area contributed by atoms with E-state index in [1.54, 1.807) is 19.1 Å². The van der Waals surface area contributed by atoms with Crippen LogP contribution in [-0.4, -0.2) is 35.7 Å². The van der Waals surface area contributed by atoms with Gasteiger partial charge < -0.3 is 15.2 Å². The van der Waals surface area contributed by atoms with E-state index in [4.69, 9.17) is 4.74 Å². The number of aryl methyl sites for hydroxylation is 1. The summed E-state index contributed by atoms with van der Waals surface area (Å²) >= 11 is 1.22. The number of carboxylic acid groups (broad SMARTS) is 1. The van der Waals surface area contributed by atoms with Gasteiger partial charge in [-0.05, 0) is 37.5 Å². The maximum Gasteiger partial charge on any atom is 0.305 e. The molecular weight excluding hydrogens is 333 g/mol. The maximum absolute atomic E-state index is 14.0. The molecule has 1 saturated heterocycles. The summed E-state index contributed by atoms with van der Waals surface area (Å²) in [6.07, 6.45) is 0.743. The average molecular weight is 351 g/mol. The standard InChI is InChI=1S/C17H18FNO4S/c1-10-14-11(18)3-2-4-12(14)24-15(10)16(22)19-17(9-13(20)21)5-7-23-8-6-17/h2-4H,5-9H2,1H3,(H,19,22)(H,20,21). The number of hydrogen-bond acceptors (Lipinski definition) is 4. The lowest BCUT2D eigenvalue weighted by atomic mass is 9.86. The number of carbonyl (C=O) groups excluding carboxylic acids is 1. The molecule has 0 unspecified atom stereocenters. The zero-order chi connectivity index (χ0) is 17.3. The lowest BCUT2D eigenvalue weighted by Crippen LogP contribution is -2.53. The van der Waals surface area contributed by atoms with Gasteiger partial charge in [0.05, 0.1) is 16.8 Å². The first-order valence-corrected chi connectivity index (χ1v) is 8.53. The van der Waals surface area contributed by atoms with Gasteiger partial charge in [0.25, 0.3) is 5.91 Å². The van der Waals surface area contributed by atoms with E-state index in [0.29, 0.717) is 46.6 Å². The fourth-order valence-corrected chi connectivity index (χ4v) is 4.28. The van der Waals surface area contributed by atoms with Crippen molar-refractivity contribution < 1.29 is 23.8 Å². The average Bonchev–Trinajstić information content (AvgIpc) is 2.86. The van der Waals surface area contributed by atoms with Crippen LogP contribution in [0.25, 0.3) is 10.1 Å². The summed E-state index contributed by atoms with van der Waals surface area (Å²) in [5, 5.41) is 12.5. The second-order valence-electron chi connectivity index (χ2n) is 6.09. The van der Waals surface area contributed by atoms with Gasteiger partial charge in [0.1, 0.15) is 5.82 Å². The van der Waals surface area contributed by atoms with E-state index >= 15 is 0 Å². The van der Waals surface area contributed by atoms with Crippen molar-refractivity contribution in [3.63, 3.8) is 0 Å². The van der Waals surface area contributed by atoms with E-state index < -0.39 is 11.5 Å². The zero-order valence-electron chi connectivity index (χ0n) is 13.2. The Morgan fingerprint density at radius 1 is 1.38 bits per heavy atom. The van der Waals surface area contributed by atoms with Crippen molar-refractivity contribution in [1.82, 2.24) is 5.32 Å². The molecule has 2 N–H and O–H groups in total. The molecule has 1 fully saturated rings. The van der Waals surface area contributed by atoms with Crippen molar-refractivity contribution in [2.75, 3.05) is 13.2 Å². The molecule has 0 bridgehead atoms. The number of fused-ring (bicyclic) bond motifs is 1. The number of carboxylic acids is 1. The van der Waals surface area contributed by atoms with Crippen LogP contribution >= 0.6 is 11.3 Å². The minimum absolute atomic E-state index is 0.152. The molecule has 0 spiro atoms. The highest BCUT2D eigenvalue weighted by atomic mass is 32.1. The molecule has 1 aliphatic rings. The molecule has 0 atom stereocenters. The van der Waals surface area contributed by atoms with Crippen molar-refractivity contribution >= 4 is 33.3 Å². The molecule has 2 aromatic rings. The van der Waals surface area contributed by atoms with Crippen LogP contribution in [0.1, 0.15) is 34.5 Å². The number of aliphatic carboxylic acids is 1. The second-order valence-corrected chi connectivity index (χ2v) is 7.14. The van der Waals surface area contributed by atoms with Gasteiger partial charge in [0.15, 0.2) is 0 Å². The SMILES string of the molecule is Cc1c(C(=O)NC2(CC(=O)O)CCOCC2)sc2cccc(F)c12. The molecule has 7 heteroatoms. The summed E-state index contributed by atoms with van der Waals surface area (Å²) in [5.41, 5.74) is -0.231. The smallest absolute Gasteiger partial charge is 0.305 e. The monoisotopic (exact) mass is 351 g/mol. The van der Waals surface area contributed by atoms with Gasteiger partial charge in [-0.15, -0.1) is 11.3 Å². The number of nitrogens with one attached hydrogen (secondary N) is 1. The molecule has 24 heavy (non-hydrogen) atoms. The van der Waals surface area contributed by atoms with Crippen LogP contribution in [0.5, 0.6) is 0 Å². The van der Waals surface area contributed by atoms with Crippen LogP contribution in [0.3, 0.4) is 0 Å². The Morgan fingerprint density at radius 3 is 2.71 bits per heavy atom. The topological polar surface area (TPSA) is 75.6 Å². The minimum Gasteiger partial charge on any atom is -0.481 e. The Balaban J connectivity index is 1.92. The predicted molar refractivity (Wildman–Crippen MR) is 89.0 cm³/mol. The van der Waals surface area contributed by atoms with Gasteiger partial charge in [-0.2, -0.15) is 0 Å². The summed E-state index contributed by atoms with van der Waals surface area (Å²) in [6.45, 7) is 2.53. The van der Waals surface area contributed by atoms with E-state index in [1.807, 2.05) is 0 Å². The number of thiophene rings is 1. The van der Waals surface area contributed by atoms with E-state index in [2.05, 4.69) is 5.32 Å². The fourth-order valence-electron chi connectivity index (χ4n) is 3.17. The van der Waals surface area contributed by atoms with Crippen molar-refractivity contribution in [3.8, 4) is 0 Å². The number of carbonyl (C=O) groups is 2. The van der Waals surface area contributed by atoms with Gasteiger partial charge in [-0.25, -0.2) is 4.39 Å². The Labute approximate surface area is 142 Å². The summed E-state index contributed by atoms with van der Waals surface area (Å²) < 4.78 is 20.0. The van der Waals surface area contributed by atoms with Crippen LogP contribution < -0.4 is 5.32 Å². The predicted octanol–water partition coefficient (Wildman–Crippen LogP) is 3.10. The molecule has 1 aromatic heterocycles. The van der Waals surface area contributed by atoms with Crippen LogP contribution in [0.2, 0.25) is 0 Å². The van der Waals surface area contributed by atoms with Gasteiger partial charge in [-0.1, -0.05) is 6.07 Å². The van der Waals surface area contributed by atoms with Gasteiger partial charge in [-0.3, -0.25) is 9.59 Å². The minimum atomic E-state index is -0.962. The summed E-state index contributed by atoms with van der Waals surface area (Å²) in [7, 11) is 0. The lowest BCUT2D eigenvalue weighted by Gasteiger charge is -2.36. The third-order valence-corrected chi connectivity index (χ3v) is 5.68. The number of ether oxygens (including phenoxy) is 1. The zero-order valence-corrected chi connectivity index (χ0v) is 14.0. The number of hydrogen-bond donors (Lipinski definition) is 2. The van der Waals surface area contributed by atoms with Crippen LogP contribution in [0.4, 0.5) is 4.39 Å². The fraction of sp³-hybridized carbons (Fsp3) is 0.412. The van der Waals surface area contributed by atoms with Crippen molar-refractivity contribution in [2.24, 2.45) is 0 Å². The first-order valence-electron chi connectivity index (χ1n) is 7.71. The maximum atomic E-state index is 14.0. The third-order valence-electron chi connectivity index (χ3n) is 4.43. The van der Waals surface area contributed by atoms with Crippen molar-refractivity contribution in [1.29, 1.82) is 0 Å². The van der Waals surface area contributed by atoms with E-state index in [0.717, 1.165) is 0 Å². The first-order chi connectivity index (χ1) is 11.4. The highest BCUT2D eigenvalue weighted by molar-refractivity contribution is 7.21. The molecule has 1 amide bonds. The Morgan fingerprint density at radius 2 is 2.08 bits per heavy atom. The van der Waals surface area contributed by atoms with Gasteiger partial charge in [0.2, 0.25) is 0 Å². The molecule has 128 valence electrons. The molecule has 1 aromatic carbocycles. The number of amides is 1. The molecule has 2 heterocycles. The number of benzene rings is 1. The van der Waals surface area contributed by atoms with E-state index in [1.165, 1.54) is 17.4 Å². The van der Waals surface area contributed by atoms with Crippen molar-refractivity contribution in [3.05, 3.63) is 34.5 Å². The van der Waals surface area contributed by atoms with Crippen LogP contribution in [0.15, 0.2) is 18.2 Å². The Bertz CT molecular complexity index is 795. The summed E-state index contributed by atoms with van der Waals surface area (Å²) in [4.78, 5) is 24.4. The molecular formula is C17H18FNO4S. The number of rotatable bonds is 4. The molecule has 3 rings (SSSR count). The molecule has 1 aliphatic heterocycles. The molecule has 0 aliphatic carbocycles. The Kier molecular flexibility index (Phi) is 4.56. The van der Waals surface area contributed by atoms with E-state index in [-0.39, 0.29) is 18.1 Å². The van der Waals surface area contributed by atoms with Gasteiger partial charge in [0, 0.05) is 23.3 Å². The first kappa shape index (κ1) is 16.9. The lowest BCUT2D eigenvalue weighted by molar-refractivity contribution is -0.139. The summed E-state index contributed by atoms with van der Waals surface area (Å²) in [6, 6.07) is 4.75. The Hall–Kier alpha value is -1.99. The molecule has 0 saturated carbocycles. The normalized spacial score (nSPS) is 16.9. The third kappa shape index (κ3) is 3.14. The highest BCUT2D eigenvalue weighted by Gasteiger charge is 2.37. The number of halogens is 1. The van der Waals surface area contributed by atoms with Crippen LogP contribution in [0, 0.1) is 12.7 Å².